The van der Waals surface area contributed by atoms with Crippen molar-refractivity contribution in [2.75, 3.05) is 0 Å². The summed E-state index contributed by atoms with van der Waals surface area (Å²) in [6, 6.07) is 2.93. The van der Waals surface area contributed by atoms with Gasteiger partial charge in [0.2, 0.25) is 0 Å². The van der Waals surface area contributed by atoms with Crippen LogP contribution in [0.25, 0.3) is 0 Å². The van der Waals surface area contributed by atoms with Crippen molar-refractivity contribution in [3.05, 3.63) is 24.2 Å². The van der Waals surface area contributed by atoms with Gasteiger partial charge in [-0.1, -0.05) is 0 Å². The lowest BCUT2D eigenvalue weighted by Crippen LogP contribution is -2.40. The number of rotatable bonds is 2. The zero-order chi connectivity index (χ0) is 8.97. The Balaban J connectivity index is 2.49. The molecule has 0 aromatic carbocycles. The van der Waals surface area contributed by atoms with Gasteiger partial charge >= 0.3 is 6.03 Å². The van der Waals surface area contributed by atoms with Crippen LogP contribution in [0.2, 0.25) is 0 Å². The number of furan rings is 1. The maximum atomic E-state index is 10.7. The Bertz CT molecular complexity index is 245. The Kier molecular flexibility index (Phi) is 2.71. The quantitative estimate of drug-likeness (QED) is 0.343. The van der Waals surface area contributed by atoms with Crippen molar-refractivity contribution in [3.8, 4) is 0 Å². The van der Waals surface area contributed by atoms with E-state index < -0.39 is 6.03 Å². The molecule has 0 spiro atoms. The normalized spacial score (nSPS) is 12.2. The van der Waals surface area contributed by atoms with E-state index in [9.17, 15) is 4.79 Å². The third kappa shape index (κ3) is 2.00. The number of amides is 2. The Hall–Kier alpha value is -1.49. The lowest BCUT2D eigenvalue weighted by atomic mass is 10.2. The fourth-order valence-corrected chi connectivity index (χ4v) is 0.847. The van der Waals surface area contributed by atoms with Crippen LogP contribution in [0.15, 0.2) is 22.8 Å². The summed E-state index contributed by atoms with van der Waals surface area (Å²) in [5, 5.41) is 2.56. The minimum atomic E-state index is -0.432. The average Bonchev–Trinajstić information content (AvgIpc) is 2.56. The van der Waals surface area contributed by atoms with Crippen LogP contribution in [-0.4, -0.2) is 6.03 Å². The molecule has 1 rings (SSSR count). The lowest BCUT2D eigenvalue weighted by Gasteiger charge is -2.09. The molecule has 5 nitrogen and oxygen atoms in total. The van der Waals surface area contributed by atoms with Gasteiger partial charge in [0.15, 0.2) is 0 Å². The second-order valence-corrected chi connectivity index (χ2v) is 2.35. The van der Waals surface area contributed by atoms with Crippen molar-refractivity contribution in [2.45, 2.75) is 13.0 Å². The first kappa shape index (κ1) is 8.61. The van der Waals surface area contributed by atoms with Crippen LogP contribution >= 0.6 is 0 Å². The van der Waals surface area contributed by atoms with Crippen molar-refractivity contribution in [1.82, 2.24) is 10.7 Å². The molecular weight excluding hydrogens is 158 g/mol. The smallest absolute Gasteiger partial charge is 0.329 e. The fourth-order valence-electron chi connectivity index (χ4n) is 0.847. The van der Waals surface area contributed by atoms with Crippen LogP contribution in [0.3, 0.4) is 0 Å². The molecule has 0 aliphatic heterocycles. The topological polar surface area (TPSA) is 80.3 Å². The zero-order valence-corrected chi connectivity index (χ0v) is 6.70. The number of nitrogens with two attached hydrogens (primary N) is 1. The summed E-state index contributed by atoms with van der Waals surface area (Å²) in [6.07, 6.45) is 1.55. The predicted octanol–water partition coefficient (Wildman–Crippen LogP) is 0.514. The van der Waals surface area contributed by atoms with Gasteiger partial charge in [0.05, 0.1) is 12.3 Å². The molecule has 0 bridgehead atoms. The summed E-state index contributed by atoms with van der Waals surface area (Å²) < 4.78 is 5.06. The zero-order valence-electron chi connectivity index (χ0n) is 6.70. The Morgan fingerprint density at radius 2 is 2.50 bits per heavy atom. The van der Waals surface area contributed by atoms with E-state index in [1.54, 1.807) is 25.3 Å². The van der Waals surface area contributed by atoms with Crippen molar-refractivity contribution in [1.29, 1.82) is 0 Å². The molecule has 5 heteroatoms. The van der Waals surface area contributed by atoms with Gasteiger partial charge in [-0.2, -0.15) is 0 Å². The van der Waals surface area contributed by atoms with E-state index in [0.29, 0.717) is 5.76 Å². The van der Waals surface area contributed by atoms with Gasteiger partial charge < -0.3 is 9.73 Å². The summed E-state index contributed by atoms with van der Waals surface area (Å²) in [6.45, 7) is 1.80. The van der Waals surface area contributed by atoms with Crippen LogP contribution in [-0.2, 0) is 0 Å². The summed E-state index contributed by atoms with van der Waals surface area (Å²) in [5.74, 6) is 5.57. The van der Waals surface area contributed by atoms with Gasteiger partial charge in [-0.15, -0.1) is 0 Å². The summed E-state index contributed by atoms with van der Waals surface area (Å²) in [7, 11) is 0. The summed E-state index contributed by atoms with van der Waals surface area (Å²) in [5.41, 5.74) is 1.97. The third-order valence-corrected chi connectivity index (χ3v) is 1.45. The minimum Gasteiger partial charge on any atom is -0.467 e. The van der Waals surface area contributed by atoms with Gasteiger partial charge in [-0.3, -0.25) is 5.43 Å². The van der Waals surface area contributed by atoms with E-state index in [1.165, 1.54) is 0 Å². The third-order valence-electron chi connectivity index (χ3n) is 1.45. The number of hydrazine groups is 1. The van der Waals surface area contributed by atoms with Crippen molar-refractivity contribution in [3.63, 3.8) is 0 Å². The van der Waals surface area contributed by atoms with E-state index in [2.05, 4.69) is 5.32 Å². The molecule has 1 aromatic rings. The molecule has 1 unspecified atom stereocenters. The van der Waals surface area contributed by atoms with Crippen LogP contribution in [0.5, 0.6) is 0 Å². The molecule has 1 atom stereocenters. The van der Waals surface area contributed by atoms with E-state index in [-0.39, 0.29) is 6.04 Å². The summed E-state index contributed by atoms with van der Waals surface area (Å²) in [4.78, 5) is 10.7. The predicted molar refractivity (Wildman–Crippen MR) is 43.0 cm³/mol. The second kappa shape index (κ2) is 3.77. The highest BCUT2D eigenvalue weighted by Gasteiger charge is 2.09. The molecule has 0 saturated heterocycles. The molecule has 0 saturated carbocycles. The first-order chi connectivity index (χ1) is 5.74. The van der Waals surface area contributed by atoms with Crippen LogP contribution < -0.4 is 16.6 Å². The highest BCUT2D eigenvalue weighted by atomic mass is 16.3. The molecule has 12 heavy (non-hydrogen) atoms. The van der Waals surface area contributed by atoms with Crippen molar-refractivity contribution in [2.24, 2.45) is 5.84 Å². The SMILES string of the molecule is CC(NC(=O)NN)c1ccco1. The highest BCUT2D eigenvalue weighted by molar-refractivity contribution is 5.73. The van der Waals surface area contributed by atoms with Gasteiger partial charge in [0.25, 0.3) is 0 Å². The fraction of sp³-hybridized carbons (Fsp3) is 0.286. The Morgan fingerprint density at radius 1 is 1.75 bits per heavy atom. The van der Waals surface area contributed by atoms with Crippen LogP contribution in [0, 0.1) is 0 Å². The largest absolute Gasteiger partial charge is 0.467 e. The standard InChI is InChI=1S/C7H11N3O2/c1-5(9-7(11)10-8)6-3-2-4-12-6/h2-5H,8H2,1H3,(H2,9,10,11). The Labute approximate surface area is 69.9 Å². The molecule has 0 radical (unpaired) electrons. The number of hydrogen-bond acceptors (Lipinski definition) is 3. The maximum absolute atomic E-state index is 10.7. The highest BCUT2D eigenvalue weighted by Crippen LogP contribution is 2.11. The molecule has 4 N–H and O–H groups in total. The van der Waals surface area contributed by atoms with Crippen LogP contribution in [0.4, 0.5) is 4.79 Å². The molecule has 1 heterocycles. The minimum absolute atomic E-state index is 0.177. The van der Waals surface area contributed by atoms with Gasteiger partial charge in [-0.05, 0) is 19.1 Å². The molecule has 2 amide bonds. The van der Waals surface area contributed by atoms with Gasteiger partial charge in [0.1, 0.15) is 5.76 Å². The maximum Gasteiger partial charge on any atom is 0.329 e. The average molecular weight is 169 g/mol. The van der Waals surface area contributed by atoms with Gasteiger partial charge in [0, 0.05) is 0 Å². The molecular formula is C7H11N3O2. The van der Waals surface area contributed by atoms with Crippen LogP contribution in [0.1, 0.15) is 18.7 Å². The molecule has 0 aliphatic rings. The lowest BCUT2D eigenvalue weighted by molar-refractivity contribution is 0.236. The van der Waals surface area contributed by atoms with E-state index >= 15 is 0 Å². The second-order valence-electron chi connectivity index (χ2n) is 2.35. The first-order valence-corrected chi connectivity index (χ1v) is 3.54. The number of hydrogen-bond donors (Lipinski definition) is 3. The monoisotopic (exact) mass is 169 g/mol. The van der Waals surface area contributed by atoms with E-state index in [4.69, 9.17) is 10.3 Å². The molecule has 0 aliphatic carbocycles. The Morgan fingerprint density at radius 3 is 3.00 bits per heavy atom. The molecule has 1 aromatic heterocycles. The van der Waals surface area contributed by atoms with Crippen molar-refractivity contribution >= 4 is 6.03 Å². The summed E-state index contributed by atoms with van der Waals surface area (Å²) >= 11 is 0. The van der Waals surface area contributed by atoms with E-state index in [1.807, 2.05) is 5.43 Å². The van der Waals surface area contributed by atoms with Crippen molar-refractivity contribution < 1.29 is 9.21 Å². The number of nitrogens with one attached hydrogen (secondary N) is 2. The molecule has 66 valence electrons. The van der Waals surface area contributed by atoms with E-state index in [0.717, 1.165) is 0 Å². The van der Waals surface area contributed by atoms with Gasteiger partial charge in [-0.25, -0.2) is 10.6 Å². The number of urea groups is 1. The number of carbonyl (C=O) groups is 1. The number of carbonyl (C=O) groups excluding carboxylic acids is 1. The first-order valence-electron chi connectivity index (χ1n) is 3.54. The molecule has 0 fully saturated rings.